The van der Waals surface area contributed by atoms with Crippen LogP contribution in [0.4, 0.5) is 0 Å². The van der Waals surface area contributed by atoms with Crippen molar-refractivity contribution in [2.45, 2.75) is 32.5 Å². The van der Waals surface area contributed by atoms with Crippen molar-refractivity contribution < 1.29 is 34.0 Å². The second kappa shape index (κ2) is 9.82. The van der Waals surface area contributed by atoms with Crippen LogP contribution in [-0.4, -0.2) is 56.7 Å². The molecule has 1 aliphatic rings. The van der Waals surface area contributed by atoms with E-state index in [-0.39, 0.29) is 18.2 Å². The van der Waals surface area contributed by atoms with E-state index in [4.69, 9.17) is 23.7 Å². The van der Waals surface area contributed by atoms with Crippen LogP contribution in [0.15, 0.2) is 35.5 Å². The van der Waals surface area contributed by atoms with Crippen molar-refractivity contribution in [3.63, 3.8) is 0 Å². The van der Waals surface area contributed by atoms with E-state index in [9.17, 15) is 10.3 Å². The summed E-state index contributed by atoms with van der Waals surface area (Å²) in [5, 5.41) is 23.8. The van der Waals surface area contributed by atoms with Crippen molar-refractivity contribution in [2.75, 3.05) is 28.4 Å². The SMILES string of the molecule is COc1ccc(C2=C(c3cc(OC)c(OC)c(OC)c3)/C(=N\O)C(O)C2)cc1OC(C)C. The summed E-state index contributed by atoms with van der Waals surface area (Å²) in [6, 6.07) is 9.07. The summed E-state index contributed by atoms with van der Waals surface area (Å²) >= 11 is 0. The molecule has 8 heteroatoms. The molecule has 0 saturated heterocycles. The molecule has 2 aromatic rings. The molecule has 0 amide bonds. The Hall–Kier alpha value is -3.39. The van der Waals surface area contributed by atoms with E-state index in [1.165, 1.54) is 21.3 Å². The lowest BCUT2D eigenvalue weighted by molar-refractivity contribution is 0.230. The Balaban J connectivity index is 2.26. The number of hydrogen-bond donors (Lipinski definition) is 2. The third-order valence-corrected chi connectivity index (χ3v) is 5.21. The number of hydrogen-bond acceptors (Lipinski definition) is 8. The Morgan fingerprint density at radius 3 is 1.94 bits per heavy atom. The Bertz CT molecular complexity index is 1020. The maximum Gasteiger partial charge on any atom is 0.203 e. The molecule has 1 unspecified atom stereocenters. The van der Waals surface area contributed by atoms with Gasteiger partial charge in [-0.3, -0.25) is 0 Å². The first-order valence-electron chi connectivity index (χ1n) is 10.2. The second-order valence-electron chi connectivity index (χ2n) is 7.50. The Kier molecular flexibility index (Phi) is 7.15. The molecule has 0 aromatic heterocycles. The molecule has 0 fully saturated rings. The zero-order chi connectivity index (χ0) is 23.4. The fourth-order valence-electron chi connectivity index (χ4n) is 3.85. The van der Waals surface area contributed by atoms with Gasteiger partial charge in [-0.2, -0.15) is 0 Å². The molecule has 0 heterocycles. The minimum Gasteiger partial charge on any atom is -0.493 e. The van der Waals surface area contributed by atoms with E-state index in [2.05, 4.69) is 5.16 Å². The van der Waals surface area contributed by atoms with Gasteiger partial charge in [0.25, 0.3) is 0 Å². The number of rotatable bonds is 8. The second-order valence-corrected chi connectivity index (χ2v) is 7.50. The normalized spacial score (nSPS) is 17.1. The Morgan fingerprint density at radius 1 is 0.844 bits per heavy atom. The fraction of sp³-hybridized carbons (Fsp3) is 0.375. The molecule has 0 bridgehead atoms. The first-order chi connectivity index (χ1) is 15.4. The van der Waals surface area contributed by atoms with E-state index in [0.717, 1.165) is 11.1 Å². The Labute approximate surface area is 187 Å². The van der Waals surface area contributed by atoms with Gasteiger partial charge in [-0.05, 0) is 54.8 Å². The van der Waals surface area contributed by atoms with Crippen molar-refractivity contribution in [2.24, 2.45) is 5.16 Å². The van der Waals surface area contributed by atoms with Gasteiger partial charge in [-0.15, -0.1) is 0 Å². The molecule has 1 aliphatic carbocycles. The molecule has 0 aliphatic heterocycles. The molecule has 0 radical (unpaired) electrons. The zero-order valence-corrected chi connectivity index (χ0v) is 19.1. The number of nitrogens with zero attached hydrogens (tertiary/aromatic N) is 1. The van der Waals surface area contributed by atoms with Crippen molar-refractivity contribution in [1.82, 2.24) is 0 Å². The Morgan fingerprint density at radius 2 is 1.44 bits per heavy atom. The van der Waals surface area contributed by atoms with Crippen molar-refractivity contribution >= 4 is 16.9 Å². The molecule has 2 aromatic carbocycles. The molecule has 2 N–H and O–H groups in total. The highest BCUT2D eigenvalue weighted by Gasteiger charge is 2.33. The standard InChI is InChI=1S/C24H29NO7/c1-13(2)32-19-9-14(7-8-18(19)28-3)16-12-17(26)23(25-27)22(16)15-10-20(29-4)24(31-6)21(11-15)30-5/h7-11,13,17,26-27H,12H2,1-6H3/b25-23-. The van der Waals surface area contributed by atoms with Crippen LogP contribution in [0, 0.1) is 0 Å². The molecular formula is C24H29NO7. The first kappa shape index (κ1) is 23.3. The van der Waals surface area contributed by atoms with Crippen molar-refractivity contribution in [3.8, 4) is 28.7 Å². The van der Waals surface area contributed by atoms with Crippen molar-refractivity contribution in [1.29, 1.82) is 0 Å². The van der Waals surface area contributed by atoms with Gasteiger partial charge in [0, 0.05) is 12.0 Å². The highest BCUT2D eigenvalue weighted by Crippen LogP contribution is 2.45. The predicted molar refractivity (Wildman–Crippen MR) is 122 cm³/mol. The number of oxime groups is 1. The summed E-state index contributed by atoms with van der Waals surface area (Å²) in [7, 11) is 6.16. The van der Waals surface area contributed by atoms with Crippen LogP contribution in [0.25, 0.3) is 11.1 Å². The highest BCUT2D eigenvalue weighted by atomic mass is 16.5. The predicted octanol–water partition coefficient (Wildman–Crippen LogP) is 4.01. The summed E-state index contributed by atoms with van der Waals surface area (Å²) in [5.41, 5.74) is 3.00. The number of aliphatic hydroxyl groups excluding tert-OH is 1. The van der Waals surface area contributed by atoms with Gasteiger partial charge in [0.2, 0.25) is 5.75 Å². The topological polar surface area (TPSA) is 99.0 Å². The molecule has 32 heavy (non-hydrogen) atoms. The summed E-state index contributed by atoms with van der Waals surface area (Å²) in [5.74, 6) is 2.53. The zero-order valence-electron chi connectivity index (χ0n) is 19.1. The maximum absolute atomic E-state index is 10.6. The number of ether oxygens (including phenoxy) is 5. The average molecular weight is 443 g/mol. The lowest BCUT2D eigenvalue weighted by Crippen LogP contribution is -2.15. The summed E-state index contributed by atoms with van der Waals surface area (Å²) in [4.78, 5) is 0. The molecule has 172 valence electrons. The van der Waals surface area contributed by atoms with Gasteiger partial charge < -0.3 is 34.0 Å². The summed E-state index contributed by atoms with van der Waals surface area (Å²) in [6.07, 6.45) is -0.758. The van der Waals surface area contributed by atoms with Gasteiger partial charge in [0.1, 0.15) is 11.8 Å². The van der Waals surface area contributed by atoms with Gasteiger partial charge in [0.15, 0.2) is 23.0 Å². The van der Waals surface area contributed by atoms with Crippen LogP contribution in [0.3, 0.4) is 0 Å². The van der Waals surface area contributed by atoms with Crippen LogP contribution in [0.2, 0.25) is 0 Å². The van der Waals surface area contributed by atoms with Gasteiger partial charge in [-0.1, -0.05) is 11.2 Å². The van der Waals surface area contributed by atoms with E-state index in [1.54, 1.807) is 19.2 Å². The van der Waals surface area contributed by atoms with Crippen LogP contribution < -0.4 is 23.7 Å². The quantitative estimate of drug-likeness (QED) is 0.470. The fourth-order valence-corrected chi connectivity index (χ4v) is 3.85. The van der Waals surface area contributed by atoms with E-state index < -0.39 is 6.10 Å². The largest absolute Gasteiger partial charge is 0.493 e. The van der Waals surface area contributed by atoms with Crippen LogP contribution in [0.5, 0.6) is 28.7 Å². The number of benzene rings is 2. The highest BCUT2D eigenvalue weighted by molar-refractivity contribution is 6.35. The van der Waals surface area contributed by atoms with Gasteiger partial charge >= 0.3 is 0 Å². The molecule has 0 saturated carbocycles. The van der Waals surface area contributed by atoms with E-state index in [1.807, 2.05) is 32.0 Å². The molecule has 1 atom stereocenters. The van der Waals surface area contributed by atoms with E-state index >= 15 is 0 Å². The van der Waals surface area contributed by atoms with E-state index in [0.29, 0.717) is 39.9 Å². The third kappa shape index (κ3) is 4.31. The molecule has 3 rings (SSSR count). The lowest BCUT2D eigenvalue weighted by Gasteiger charge is -2.17. The van der Waals surface area contributed by atoms with Crippen LogP contribution in [0.1, 0.15) is 31.4 Å². The van der Waals surface area contributed by atoms with Crippen LogP contribution >= 0.6 is 0 Å². The van der Waals surface area contributed by atoms with Gasteiger partial charge in [-0.25, -0.2) is 0 Å². The minimum absolute atomic E-state index is 0.0496. The molecule has 8 nitrogen and oxygen atoms in total. The average Bonchev–Trinajstić information content (AvgIpc) is 3.13. The smallest absolute Gasteiger partial charge is 0.203 e. The third-order valence-electron chi connectivity index (χ3n) is 5.21. The molecular weight excluding hydrogens is 414 g/mol. The van der Waals surface area contributed by atoms with Crippen molar-refractivity contribution in [3.05, 3.63) is 41.5 Å². The number of aliphatic hydroxyl groups is 1. The molecule has 0 spiro atoms. The van der Waals surface area contributed by atoms with Crippen LogP contribution in [-0.2, 0) is 0 Å². The number of methoxy groups -OCH3 is 4. The summed E-state index contributed by atoms with van der Waals surface area (Å²) < 4.78 is 27.7. The monoisotopic (exact) mass is 443 g/mol. The maximum atomic E-state index is 10.6. The first-order valence-corrected chi connectivity index (χ1v) is 10.2. The summed E-state index contributed by atoms with van der Waals surface area (Å²) in [6.45, 7) is 3.87. The van der Waals surface area contributed by atoms with Gasteiger partial charge in [0.05, 0.1) is 34.5 Å². The lowest BCUT2D eigenvalue weighted by atomic mass is 9.95. The minimum atomic E-state index is -0.972.